The second-order valence-corrected chi connectivity index (χ2v) is 4.60. The third-order valence-electron chi connectivity index (χ3n) is 3.16. The smallest absolute Gasteiger partial charge is 0.358 e. The Morgan fingerprint density at radius 3 is 3.00 bits per heavy atom. The molecule has 2 aromatic heterocycles. The van der Waals surface area contributed by atoms with E-state index in [2.05, 4.69) is 15.1 Å². The zero-order valence-electron chi connectivity index (χ0n) is 12.3. The van der Waals surface area contributed by atoms with Crippen LogP contribution in [0.5, 0.6) is 0 Å². The number of aliphatic imine (C=N–C) groups is 1. The normalized spacial score (nSPS) is 10.3. The van der Waals surface area contributed by atoms with Gasteiger partial charge in [-0.1, -0.05) is 12.1 Å². The maximum Gasteiger partial charge on any atom is 0.358 e. The van der Waals surface area contributed by atoms with Gasteiger partial charge < -0.3 is 4.74 Å². The molecule has 0 saturated carbocycles. The molecule has 0 amide bonds. The molecule has 0 bridgehead atoms. The number of aromatic nitrogens is 3. The second-order valence-electron chi connectivity index (χ2n) is 4.60. The molecule has 0 fully saturated rings. The van der Waals surface area contributed by atoms with E-state index in [-0.39, 0.29) is 12.3 Å². The summed E-state index contributed by atoms with van der Waals surface area (Å²) in [7, 11) is 0. The number of nitrogens with zero attached hydrogens (tertiary/aromatic N) is 4. The molecule has 0 saturated heterocycles. The molecule has 0 aliphatic heterocycles. The van der Waals surface area contributed by atoms with Crippen LogP contribution in [0.15, 0.2) is 47.6 Å². The quantitative estimate of drug-likeness (QED) is 0.420. The summed E-state index contributed by atoms with van der Waals surface area (Å²) in [5.74, 6) is -0.497. The highest BCUT2D eigenvalue weighted by Gasteiger charge is 2.14. The zero-order chi connectivity index (χ0) is 16.2. The van der Waals surface area contributed by atoms with E-state index in [1.165, 1.54) is 6.08 Å². The molecule has 0 aliphatic carbocycles. The van der Waals surface area contributed by atoms with E-state index in [1.807, 2.05) is 6.07 Å². The van der Waals surface area contributed by atoms with Crippen molar-refractivity contribution in [1.29, 1.82) is 0 Å². The molecular weight excluding hydrogens is 296 g/mol. The van der Waals surface area contributed by atoms with Crippen molar-refractivity contribution < 1.29 is 14.3 Å². The SMILES string of the molecule is CCOC(=O)c1cc2nccc(-c3cccc(N=C=O)c3)n2n1. The summed E-state index contributed by atoms with van der Waals surface area (Å²) in [6, 6.07) is 10.4. The van der Waals surface area contributed by atoms with Crippen LogP contribution in [-0.2, 0) is 9.53 Å². The summed E-state index contributed by atoms with van der Waals surface area (Å²) in [4.78, 5) is 30.0. The summed E-state index contributed by atoms with van der Waals surface area (Å²) in [5.41, 5.74) is 2.70. The van der Waals surface area contributed by atoms with Gasteiger partial charge in [0.2, 0.25) is 6.08 Å². The Labute approximate surface area is 131 Å². The number of benzene rings is 1. The molecule has 0 aliphatic rings. The first kappa shape index (κ1) is 14.6. The topological polar surface area (TPSA) is 85.9 Å². The van der Waals surface area contributed by atoms with E-state index in [4.69, 9.17) is 4.74 Å². The van der Waals surface area contributed by atoms with Crippen LogP contribution in [0.4, 0.5) is 5.69 Å². The molecule has 7 nitrogen and oxygen atoms in total. The summed E-state index contributed by atoms with van der Waals surface area (Å²) in [5, 5.41) is 4.25. The van der Waals surface area contributed by atoms with Crippen molar-refractivity contribution in [3.8, 4) is 11.3 Å². The highest BCUT2D eigenvalue weighted by atomic mass is 16.5. The Bertz CT molecular complexity index is 926. The number of fused-ring (bicyclic) bond motifs is 1. The minimum absolute atomic E-state index is 0.189. The lowest BCUT2D eigenvalue weighted by Crippen LogP contribution is -2.05. The lowest BCUT2D eigenvalue weighted by Gasteiger charge is -2.04. The number of esters is 1. The molecule has 3 rings (SSSR count). The van der Waals surface area contributed by atoms with Gasteiger partial charge in [-0.25, -0.2) is 19.1 Å². The molecule has 0 atom stereocenters. The average Bonchev–Trinajstić information content (AvgIpc) is 3.00. The molecule has 0 radical (unpaired) electrons. The fourth-order valence-electron chi connectivity index (χ4n) is 2.21. The summed E-state index contributed by atoms with van der Waals surface area (Å²) < 4.78 is 6.51. The van der Waals surface area contributed by atoms with Gasteiger partial charge in [0, 0.05) is 17.8 Å². The van der Waals surface area contributed by atoms with Crippen LogP contribution in [0.3, 0.4) is 0 Å². The van der Waals surface area contributed by atoms with Gasteiger partial charge >= 0.3 is 5.97 Å². The Hall–Kier alpha value is -3.31. The van der Waals surface area contributed by atoms with Crippen molar-refractivity contribution in [2.45, 2.75) is 6.92 Å². The first-order valence-electron chi connectivity index (χ1n) is 6.93. The monoisotopic (exact) mass is 308 g/mol. The average molecular weight is 308 g/mol. The first-order valence-corrected chi connectivity index (χ1v) is 6.93. The summed E-state index contributed by atoms with van der Waals surface area (Å²) in [6.07, 6.45) is 3.13. The van der Waals surface area contributed by atoms with Gasteiger partial charge in [-0.05, 0) is 25.1 Å². The van der Waals surface area contributed by atoms with Crippen molar-refractivity contribution in [3.63, 3.8) is 0 Å². The van der Waals surface area contributed by atoms with Crippen LogP contribution in [0.2, 0.25) is 0 Å². The van der Waals surface area contributed by atoms with Gasteiger partial charge in [-0.15, -0.1) is 0 Å². The molecule has 2 heterocycles. The largest absolute Gasteiger partial charge is 0.461 e. The number of ether oxygens (including phenoxy) is 1. The van der Waals surface area contributed by atoms with Crippen LogP contribution >= 0.6 is 0 Å². The van der Waals surface area contributed by atoms with E-state index in [9.17, 15) is 9.59 Å². The van der Waals surface area contributed by atoms with E-state index in [0.717, 1.165) is 5.56 Å². The summed E-state index contributed by atoms with van der Waals surface area (Å²) >= 11 is 0. The minimum atomic E-state index is -0.497. The highest BCUT2D eigenvalue weighted by molar-refractivity contribution is 5.88. The molecule has 0 unspecified atom stereocenters. The van der Waals surface area contributed by atoms with E-state index in [0.29, 0.717) is 17.0 Å². The second kappa shape index (κ2) is 6.21. The third-order valence-corrected chi connectivity index (χ3v) is 3.16. The number of carbonyl (C=O) groups excluding carboxylic acids is 2. The molecule has 7 heteroatoms. The third kappa shape index (κ3) is 2.86. The lowest BCUT2D eigenvalue weighted by atomic mass is 10.1. The van der Waals surface area contributed by atoms with Crippen LogP contribution in [0, 0.1) is 0 Å². The van der Waals surface area contributed by atoms with Crippen LogP contribution in [-0.4, -0.2) is 33.3 Å². The van der Waals surface area contributed by atoms with Gasteiger partial charge in [-0.2, -0.15) is 10.1 Å². The maximum absolute atomic E-state index is 11.8. The molecular formula is C16H12N4O3. The fourth-order valence-corrected chi connectivity index (χ4v) is 2.21. The molecule has 23 heavy (non-hydrogen) atoms. The first-order chi connectivity index (χ1) is 11.2. The van der Waals surface area contributed by atoms with E-state index < -0.39 is 5.97 Å². The van der Waals surface area contributed by atoms with E-state index in [1.54, 1.807) is 48.0 Å². The molecule has 0 N–H and O–H groups in total. The number of hydrogen-bond donors (Lipinski definition) is 0. The number of rotatable bonds is 4. The number of carbonyl (C=O) groups is 1. The van der Waals surface area contributed by atoms with Gasteiger partial charge in [0.25, 0.3) is 0 Å². The van der Waals surface area contributed by atoms with Gasteiger partial charge in [0.05, 0.1) is 18.0 Å². The van der Waals surface area contributed by atoms with Crippen LogP contribution < -0.4 is 0 Å². The van der Waals surface area contributed by atoms with Gasteiger partial charge in [0.15, 0.2) is 11.3 Å². The summed E-state index contributed by atoms with van der Waals surface area (Å²) in [6.45, 7) is 2.01. The zero-order valence-corrected chi connectivity index (χ0v) is 12.3. The van der Waals surface area contributed by atoms with Crippen molar-refractivity contribution >= 4 is 23.4 Å². The number of isocyanates is 1. The van der Waals surface area contributed by atoms with Crippen LogP contribution in [0.25, 0.3) is 16.9 Å². The molecule has 0 spiro atoms. The van der Waals surface area contributed by atoms with Crippen LogP contribution in [0.1, 0.15) is 17.4 Å². The molecule has 114 valence electrons. The maximum atomic E-state index is 11.8. The standard InChI is InChI=1S/C16H12N4O3/c1-2-23-16(22)13-9-15-17-7-6-14(20(15)19-13)11-4-3-5-12(8-11)18-10-21/h3-9H,2H2,1H3. The van der Waals surface area contributed by atoms with Gasteiger partial charge in [-0.3, -0.25) is 0 Å². The molecule has 1 aromatic carbocycles. The molecule has 3 aromatic rings. The minimum Gasteiger partial charge on any atom is -0.461 e. The lowest BCUT2D eigenvalue weighted by molar-refractivity contribution is 0.0519. The van der Waals surface area contributed by atoms with Crippen molar-refractivity contribution in [2.24, 2.45) is 4.99 Å². The van der Waals surface area contributed by atoms with Gasteiger partial charge in [0.1, 0.15) is 0 Å². The van der Waals surface area contributed by atoms with Crippen molar-refractivity contribution in [1.82, 2.24) is 14.6 Å². The predicted molar refractivity (Wildman–Crippen MR) is 82.2 cm³/mol. The van der Waals surface area contributed by atoms with Crippen molar-refractivity contribution in [3.05, 3.63) is 48.3 Å². The Morgan fingerprint density at radius 2 is 2.22 bits per heavy atom. The Morgan fingerprint density at radius 1 is 1.35 bits per heavy atom. The number of hydrogen-bond acceptors (Lipinski definition) is 6. The predicted octanol–water partition coefficient (Wildman–Crippen LogP) is 2.54. The van der Waals surface area contributed by atoms with E-state index >= 15 is 0 Å². The van der Waals surface area contributed by atoms with Crippen molar-refractivity contribution in [2.75, 3.05) is 6.61 Å². The Kier molecular flexibility index (Phi) is 3.95. The fraction of sp³-hybridized carbons (Fsp3) is 0.125. The Balaban J connectivity index is 2.12. The highest BCUT2D eigenvalue weighted by Crippen LogP contribution is 2.24.